The molecule has 1 aromatic carbocycles. The molecule has 1 aliphatic heterocycles. The SMILES string of the molecule is Cc1noc(C)c1C(C)CNC(=O)N1CCO[C@H](c2cccc(Cl)c2)[C@H]1C. The number of aromatic nitrogens is 1. The quantitative estimate of drug-likeness (QED) is 0.847. The number of aryl methyl sites for hydroxylation is 2. The molecule has 7 heteroatoms. The highest BCUT2D eigenvalue weighted by molar-refractivity contribution is 6.30. The van der Waals surface area contributed by atoms with Gasteiger partial charge in [-0.25, -0.2) is 4.79 Å². The van der Waals surface area contributed by atoms with Crippen LogP contribution in [-0.4, -0.2) is 41.8 Å². The second-order valence-corrected chi connectivity index (χ2v) is 7.54. The van der Waals surface area contributed by atoms with Crippen molar-refractivity contribution in [2.45, 2.75) is 45.8 Å². The van der Waals surface area contributed by atoms with Gasteiger partial charge in [0.2, 0.25) is 0 Å². The molecule has 1 N–H and O–H groups in total. The summed E-state index contributed by atoms with van der Waals surface area (Å²) >= 11 is 6.11. The van der Waals surface area contributed by atoms with E-state index in [1.54, 1.807) is 0 Å². The molecule has 1 unspecified atom stereocenters. The Morgan fingerprint density at radius 3 is 2.89 bits per heavy atom. The number of hydrogen-bond acceptors (Lipinski definition) is 4. The lowest BCUT2D eigenvalue weighted by Crippen LogP contribution is -2.52. The zero-order valence-corrected chi connectivity index (χ0v) is 16.9. The van der Waals surface area contributed by atoms with Gasteiger partial charge in [0.1, 0.15) is 11.9 Å². The molecule has 2 heterocycles. The van der Waals surface area contributed by atoms with Crippen molar-refractivity contribution in [2.24, 2.45) is 0 Å². The molecule has 146 valence electrons. The lowest BCUT2D eigenvalue weighted by molar-refractivity contribution is -0.0497. The van der Waals surface area contributed by atoms with Crippen LogP contribution in [0.4, 0.5) is 4.79 Å². The second kappa shape index (κ2) is 8.31. The lowest BCUT2D eigenvalue weighted by atomic mass is 9.99. The molecule has 0 spiro atoms. The molecule has 2 aromatic rings. The maximum Gasteiger partial charge on any atom is 0.317 e. The van der Waals surface area contributed by atoms with Gasteiger partial charge in [-0.05, 0) is 38.5 Å². The average Bonchev–Trinajstić information content (AvgIpc) is 2.98. The van der Waals surface area contributed by atoms with Crippen molar-refractivity contribution in [3.05, 3.63) is 51.9 Å². The Hall–Kier alpha value is -2.05. The standard InChI is InChI=1S/C20H26ClN3O3/c1-12(18-13(2)23-27-15(18)4)11-22-20(25)24-8-9-26-19(14(24)3)16-6-5-7-17(21)10-16/h5-7,10,12,14,19H,8-9,11H2,1-4H3,(H,22,25)/t12?,14-,19+/m1/s1. The summed E-state index contributed by atoms with van der Waals surface area (Å²) < 4.78 is 11.2. The van der Waals surface area contributed by atoms with Crippen LogP contribution in [-0.2, 0) is 4.74 Å². The minimum Gasteiger partial charge on any atom is -0.370 e. The zero-order valence-electron chi connectivity index (χ0n) is 16.2. The van der Waals surface area contributed by atoms with Gasteiger partial charge in [-0.1, -0.05) is 35.8 Å². The number of nitrogens with one attached hydrogen (secondary N) is 1. The first-order valence-corrected chi connectivity index (χ1v) is 9.60. The monoisotopic (exact) mass is 391 g/mol. The Kier molecular flexibility index (Phi) is 6.07. The van der Waals surface area contributed by atoms with Gasteiger partial charge in [-0.15, -0.1) is 0 Å². The first kappa shape index (κ1) is 19.7. The fraction of sp³-hybridized carbons (Fsp3) is 0.500. The van der Waals surface area contributed by atoms with Gasteiger partial charge in [0.25, 0.3) is 0 Å². The van der Waals surface area contributed by atoms with E-state index in [9.17, 15) is 4.79 Å². The maximum atomic E-state index is 12.8. The summed E-state index contributed by atoms with van der Waals surface area (Å²) in [5.74, 6) is 0.926. The molecule has 6 nitrogen and oxygen atoms in total. The Bertz CT molecular complexity index is 788. The van der Waals surface area contributed by atoms with Gasteiger partial charge in [0.15, 0.2) is 0 Å². The van der Waals surface area contributed by atoms with Gasteiger partial charge in [0.05, 0.1) is 18.3 Å². The number of amides is 2. The second-order valence-electron chi connectivity index (χ2n) is 7.11. The van der Waals surface area contributed by atoms with Gasteiger partial charge < -0.3 is 19.5 Å². The van der Waals surface area contributed by atoms with E-state index in [1.807, 2.05) is 49.9 Å². The normalized spacial score (nSPS) is 21.1. The minimum absolute atomic E-state index is 0.0866. The summed E-state index contributed by atoms with van der Waals surface area (Å²) in [5, 5.41) is 7.70. The third-order valence-corrected chi connectivity index (χ3v) is 5.37. The van der Waals surface area contributed by atoms with E-state index >= 15 is 0 Å². The molecule has 1 aliphatic rings. The highest BCUT2D eigenvalue weighted by Gasteiger charge is 2.33. The Labute approximate surface area is 164 Å². The zero-order chi connectivity index (χ0) is 19.6. The number of nitrogens with zero attached hydrogens (tertiary/aromatic N) is 2. The molecular weight excluding hydrogens is 366 g/mol. The fourth-order valence-electron chi connectivity index (χ4n) is 3.77. The van der Waals surface area contributed by atoms with Crippen molar-refractivity contribution in [2.75, 3.05) is 19.7 Å². The van der Waals surface area contributed by atoms with E-state index < -0.39 is 0 Å². The van der Waals surface area contributed by atoms with Gasteiger partial charge >= 0.3 is 6.03 Å². The summed E-state index contributed by atoms with van der Waals surface area (Å²) in [6, 6.07) is 7.43. The molecule has 0 aliphatic carbocycles. The van der Waals surface area contributed by atoms with Crippen molar-refractivity contribution in [3.63, 3.8) is 0 Å². The molecule has 0 saturated carbocycles. The van der Waals surface area contributed by atoms with Crippen LogP contribution in [0.1, 0.15) is 48.5 Å². The van der Waals surface area contributed by atoms with Crippen LogP contribution >= 0.6 is 11.6 Å². The topological polar surface area (TPSA) is 67.6 Å². The van der Waals surface area contributed by atoms with E-state index in [0.717, 1.165) is 22.6 Å². The predicted octanol–water partition coefficient (Wildman–Crippen LogP) is 4.22. The molecule has 0 bridgehead atoms. The number of carbonyl (C=O) groups is 1. The summed E-state index contributed by atoms with van der Waals surface area (Å²) in [4.78, 5) is 14.6. The van der Waals surface area contributed by atoms with Crippen LogP contribution in [0.15, 0.2) is 28.8 Å². The number of halogens is 1. The van der Waals surface area contributed by atoms with E-state index in [-0.39, 0.29) is 24.1 Å². The van der Waals surface area contributed by atoms with Crippen LogP contribution in [0.2, 0.25) is 5.02 Å². The molecule has 2 amide bonds. The first-order chi connectivity index (χ1) is 12.9. The number of rotatable bonds is 4. The number of ether oxygens (including phenoxy) is 1. The Balaban J connectivity index is 1.64. The van der Waals surface area contributed by atoms with Crippen LogP contribution in [0.25, 0.3) is 0 Å². The third kappa shape index (κ3) is 4.28. The lowest BCUT2D eigenvalue weighted by Gasteiger charge is -2.39. The summed E-state index contributed by atoms with van der Waals surface area (Å²) in [6.07, 6.45) is -0.191. The van der Waals surface area contributed by atoms with Crippen LogP contribution in [0, 0.1) is 13.8 Å². The number of morpholine rings is 1. The summed E-state index contributed by atoms with van der Waals surface area (Å²) in [7, 11) is 0. The van der Waals surface area contributed by atoms with Gasteiger partial charge in [0, 0.05) is 29.6 Å². The van der Waals surface area contributed by atoms with E-state index in [1.165, 1.54) is 0 Å². The maximum absolute atomic E-state index is 12.8. The molecule has 1 fully saturated rings. The highest BCUT2D eigenvalue weighted by Crippen LogP contribution is 2.30. The van der Waals surface area contributed by atoms with Crippen molar-refractivity contribution < 1.29 is 14.1 Å². The van der Waals surface area contributed by atoms with E-state index in [4.69, 9.17) is 20.9 Å². The van der Waals surface area contributed by atoms with Crippen molar-refractivity contribution in [1.29, 1.82) is 0 Å². The van der Waals surface area contributed by atoms with Crippen molar-refractivity contribution in [3.8, 4) is 0 Å². The number of benzene rings is 1. The largest absolute Gasteiger partial charge is 0.370 e. The van der Waals surface area contributed by atoms with E-state index in [0.29, 0.717) is 24.7 Å². The molecule has 1 saturated heterocycles. The van der Waals surface area contributed by atoms with E-state index in [2.05, 4.69) is 17.4 Å². The molecule has 0 radical (unpaired) electrons. The molecular formula is C20H26ClN3O3. The number of carbonyl (C=O) groups excluding carboxylic acids is 1. The molecule has 3 rings (SSSR count). The van der Waals surface area contributed by atoms with Crippen LogP contribution in [0.5, 0.6) is 0 Å². The summed E-state index contributed by atoms with van der Waals surface area (Å²) in [5.41, 5.74) is 2.91. The Morgan fingerprint density at radius 2 is 2.22 bits per heavy atom. The average molecular weight is 392 g/mol. The molecule has 27 heavy (non-hydrogen) atoms. The smallest absolute Gasteiger partial charge is 0.317 e. The number of hydrogen-bond donors (Lipinski definition) is 1. The summed E-state index contributed by atoms with van der Waals surface area (Å²) in [6.45, 7) is 9.45. The Morgan fingerprint density at radius 1 is 1.44 bits per heavy atom. The highest BCUT2D eigenvalue weighted by atomic mass is 35.5. The van der Waals surface area contributed by atoms with Crippen LogP contribution in [0.3, 0.4) is 0 Å². The molecule has 3 atom stereocenters. The first-order valence-electron chi connectivity index (χ1n) is 9.22. The third-order valence-electron chi connectivity index (χ3n) is 5.14. The number of urea groups is 1. The fourth-order valence-corrected chi connectivity index (χ4v) is 3.97. The van der Waals surface area contributed by atoms with Crippen LogP contribution < -0.4 is 5.32 Å². The predicted molar refractivity (Wildman–Crippen MR) is 104 cm³/mol. The van der Waals surface area contributed by atoms with Crippen molar-refractivity contribution in [1.82, 2.24) is 15.4 Å². The van der Waals surface area contributed by atoms with Crippen molar-refractivity contribution >= 4 is 17.6 Å². The molecule has 1 aromatic heterocycles. The van der Waals surface area contributed by atoms with Gasteiger partial charge in [-0.2, -0.15) is 0 Å². The minimum atomic E-state index is -0.191. The van der Waals surface area contributed by atoms with Gasteiger partial charge in [-0.3, -0.25) is 0 Å².